The Hall–Kier alpha value is -3.07. The molecule has 0 aliphatic carbocycles. The van der Waals surface area contributed by atoms with Crippen LogP contribution in [0.2, 0.25) is 0 Å². The van der Waals surface area contributed by atoms with E-state index in [1.807, 2.05) is 0 Å². The lowest BCUT2D eigenvalue weighted by Crippen LogP contribution is -2.29. The summed E-state index contributed by atoms with van der Waals surface area (Å²) < 4.78 is 0. The van der Waals surface area contributed by atoms with E-state index in [9.17, 15) is 14.4 Å². The third kappa shape index (κ3) is 12.3. The van der Waals surface area contributed by atoms with E-state index < -0.39 is 24.0 Å². The molecule has 0 aliphatic rings. The van der Waals surface area contributed by atoms with Crippen molar-refractivity contribution in [1.82, 2.24) is 19.9 Å². The van der Waals surface area contributed by atoms with Crippen molar-refractivity contribution in [2.45, 2.75) is 50.6 Å². The van der Waals surface area contributed by atoms with Gasteiger partial charge in [-0.25, -0.2) is 4.98 Å². The minimum Gasteiger partial charge on any atom is -0.480 e. The monoisotopic (exact) mass is 443 g/mol. The maximum atomic E-state index is 11.0. The predicted molar refractivity (Wildman–Crippen MR) is 116 cm³/mol. The number of hydrogen-bond acceptors (Lipinski definition) is 10. The first-order chi connectivity index (χ1) is 14.6. The Morgan fingerprint density at radius 2 is 1.45 bits per heavy atom. The van der Waals surface area contributed by atoms with E-state index in [0.29, 0.717) is 37.1 Å². The van der Waals surface area contributed by atoms with Crippen LogP contribution in [0.4, 0.5) is 5.95 Å². The Balaban J connectivity index is 0.000000437. The molecule has 0 spiro atoms. The van der Waals surface area contributed by atoms with E-state index >= 15 is 0 Å². The van der Waals surface area contributed by atoms with Crippen LogP contribution in [0, 0.1) is 0 Å². The number of fused-ring (bicyclic) bond motifs is 1. The second-order valence-electron chi connectivity index (χ2n) is 6.51. The van der Waals surface area contributed by atoms with E-state index in [1.54, 1.807) is 0 Å². The van der Waals surface area contributed by atoms with Gasteiger partial charge in [-0.3, -0.25) is 19.4 Å². The molecule has 0 radical (unpaired) electrons. The molecular weight excluding hydrogens is 410 g/mol. The van der Waals surface area contributed by atoms with Gasteiger partial charge in [0.1, 0.15) is 12.1 Å². The first-order valence-electron chi connectivity index (χ1n) is 9.69. The molecule has 31 heavy (non-hydrogen) atoms. The number of H-pyrrole nitrogens is 2. The topological polar surface area (TPSA) is 279 Å². The van der Waals surface area contributed by atoms with Crippen molar-refractivity contribution in [3.63, 3.8) is 0 Å². The summed E-state index contributed by atoms with van der Waals surface area (Å²) in [5.41, 5.74) is 26.5. The number of unbranched alkanes of at least 4 members (excludes halogenated alkanes) is 2. The molecule has 2 aromatic heterocycles. The highest BCUT2D eigenvalue weighted by Gasteiger charge is 2.10. The van der Waals surface area contributed by atoms with E-state index in [1.165, 1.54) is 6.33 Å². The number of hydrogen-bond donors (Lipinski definition) is 9. The van der Waals surface area contributed by atoms with Gasteiger partial charge in [-0.05, 0) is 38.8 Å². The number of anilines is 1. The summed E-state index contributed by atoms with van der Waals surface area (Å²) in [6, 6.07) is -1.43. The number of nitrogens with one attached hydrogen (secondary N) is 2. The molecule has 0 saturated carbocycles. The molecule has 0 bridgehead atoms. The van der Waals surface area contributed by atoms with Gasteiger partial charge >= 0.3 is 11.9 Å². The number of aromatic nitrogens is 4. The molecule has 2 rings (SSSR count). The number of imidazole rings is 1. The maximum Gasteiger partial charge on any atom is 0.320 e. The lowest BCUT2D eigenvalue weighted by Gasteiger charge is -2.03. The summed E-state index contributed by atoms with van der Waals surface area (Å²) in [5.74, 6) is -1.79. The summed E-state index contributed by atoms with van der Waals surface area (Å²) in [7, 11) is 0. The Morgan fingerprint density at radius 3 is 1.87 bits per heavy atom. The Kier molecular flexibility index (Phi) is 14.2. The average molecular weight is 444 g/mol. The minimum absolute atomic E-state index is 0.0783. The molecule has 14 nitrogen and oxygen atoms in total. The third-order valence-electron chi connectivity index (χ3n) is 3.89. The number of nitrogens with two attached hydrogens (primary N) is 5. The highest BCUT2D eigenvalue weighted by molar-refractivity contribution is 5.73. The van der Waals surface area contributed by atoms with Crippen LogP contribution in [0.3, 0.4) is 0 Å². The molecule has 2 aromatic rings. The Morgan fingerprint density at radius 1 is 0.968 bits per heavy atom. The molecule has 176 valence electrons. The molecule has 2 heterocycles. The van der Waals surface area contributed by atoms with Crippen LogP contribution in [-0.4, -0.2) is 67.3 Å². The first kappa shape index (κ1) is 27.9. The molecule has 2 atom stereocenters. The number of carbonyl (C=O) groups is 2. The fraction of sp³-hybridized carbons (Fsp3) is 0.588. The SMILES string of the molecule is NCCCCC(N)C(=O)O.NCCCCC(N)C(=O)O.Nc1nc2nc[nH]c2c(=O)[nH]1. The molecule has 0 fully saturated rings. The minimum atomic E-state index is -0.933. The zero-order valence-electron chi connectivity index (χ0n) is 17.3. The summed E-state index contributed by atoms with van der Waals surface area (Å²) in [6.45, 7) is 1.21. The van der Waals surface area contributed by atoms with Crippen molar-refractivity contribution in [1.29, 1.82) is 0 Å². The zero-order valence-corrected chi connectivity index (χ0v) is 17.3. The fourth-order valence-corrected chi connectivity index (χ4v) is 2.12. The Bertz CT molecular complexity index is 813. The molecule has 0 aromatic carbocycles. The second-order valence-corrected chi connectivity index (χ2v) is 6.51. The number of aromatic amines is 2. The summed E-state index contributed by atoms with van der Waals surface area (Å²) >= 11 is 0. The molecular formula is C17H33N9O5. The van der Waals surface area contributed by atoms with Crippen LogP contribution < -0.4 is 34.2 Å². The highest BCUT2D eigenvalue weighted by Crippen LogP contribution is 1.99. The smallest absolute Gasteiger partial charge is 0.320 e. The van der Waals surface area contributed by atoms with Crippen molar-refractivity contribution >= 4 is 29.1 Å². The molecule has 0 aliphatic heterocycles. The van der Waals surface area contributed by atoms with Gasteiger partial charge in [0.05, 0.1) is 6.33 Å². The number of carboxylic acids is 2. The van der Waals surface area contributed by atoms with E-state index in [0.717, 1.165) is 25.7 Å². The van der Waals surface area contributed by atoms with E-state index in [-0.39, 0.29) is 11.5 Å². The van der Waals surface area contributed by atoms with Crippen LogP contribution in [0.25, 0.3) is 11.2 Å². The molecule has 0 amide bonds. The van der Waals surface area contributed by atoms with Gasteiger partial charge in [0.15, 0.2) is 11.2 Å². The highest BCUT2D eigenvalue weighted by atomic mass is 16.4. The fourth-order valence-electron chi connectivity index (χ4n) is 2.12. The van der Waals surface area contributed by atoms with Crippen LogP contribution in [0.5, 0.6) is 0 Å². The van der Waals surface area contributed by atoms with Gasteiger partial charge in [-0.2, -0.15) is 4.98 Å². The van der Waals surface area contributed by atoms with Crippen molar-refractivity contribution in [3.8, 4) is 0 Å². The standard InChI is InChI=1S/2C6H14N2O2.C5H5N5O/c2*7-4-2-1-3-5(8)6(9)10;6-5-9-3-2(4(11)10-5)7-1-8-3/h2*5H,1-4,7-8H2,(H,9,10);1H,(H4,6,7,8,9,10,11). The van der Waals surface area contributed by atoms with Crippen LogP contribution in [0.1, 0.15) is 38.5 Å². The largest absolute Gasteiger partial charge is 0.480 e. The first-order valence-corrected chi connectivity index (χ1v) is 9.69. The van der Waals surface area contributed by atoms with Gasteiger partial charge in [0, 0.05) is 0 Å². The molecule has 2 unspecified atom stereocenters. The van der Waals surface area contributed by atoms with Crippen molar-refractivity contribution in [2.75, 3.05) is 18.8 Å². The van der Waals surface area contributed by atoms with Crippen LogP contribution in [-0.2, 0) is 9.59 Å². The van der Waals surface area contributed by atoms with Gasteiger partial charge in [0.25, 0.3) is 5.56 Å². The van der Waals surface area contributed by atoms with E-state index in [4.69, 9.17) is 38.9 Å². The van der Waals surface area contributed by atoms with Crippen LogP contribution in [0.15, 0.2) is 11.1 Å². The van der Waals surface area contributed by atoms with Gasteiger partial charge in [-0.15, -0.1) is 0 Å². The average Bonchev–Trinajstić information content (AvgIpc) is 3.18. The number of carboxylic acid groups (broad SMARTS) is 2. The number of rotatable bonds is 10. The summed E-state index contributed by atoms with van der Waals surface area (Å²) in [6.07, 6.45) is 5.72. The molecule has 14 heteroatoms. The van der Waals surface area contributed by atoms with Crippen molar-refractivity contribution in [3.05, 3.63) is 16.7 Å². The molecule has 14 N–H and O–H groups in total. The number of nitrogens with zero attached hydrogens (tertiary/aromatic N) is 2. The Labute approximate surface area is 178 Å². The third-order valence-corrected chi connectivity index (χ3v) is 3.89. The number of aliphatic carboxylic acids is 2. The summed E-state index contributed by atoms with van der Waals surface area (Å²) in [4.78, 5) is 43.8. The second kappa shape index (κ2) is 15.7. The van der Waals surface area contributed by atoms with Crippen LogP contribution >= 0.6 is 0 Å². The van der Waals surface area contributed by atoms with Crippen molar-refractivity contribution in [2.24, 2.45) is 22.9 Å². The van der Waals surface area contributed by atoms with E-state index in [2.05, 4.69) is 19.9 Å². The lowest BCUT2D eigenvalue weighted by molar-refractivity contribution is -0.139. The van der Waals surface area contributed by atoms with Gasteiger partial charge < -0.3 is 43.9 Å². The lowest BCUT2D eigenvalue weighted by atomic mass is 10.1. The quantitative estimate of drug-likeness (QED) is 0.185. The van der Waals surface area contributed by atoms with Gasteiger partial charge in [0.2, 0.25) is 5.95 Å². The maximum absolute atomic E-state index is 11.0. The predicted octanol–water partition coefficient (Wildman–Crippen LogP) is -1.72. The summed E-state index contributed by atoms with van der Waals surface area (Å²) in [5, 5.41) is 16.7. The number of nitrogen functional groups attached to an aromatic ring is 1. The van der Waals surface area contributed by atoms with Crippen molar-refractivity contribution < 1.29 is 19.8 Å². The molecule has 0 saturated heterocycles. The normalized spacial score (nSPS) is 12.1. The van der Waals surface area contributed by atoms with Gasteiger partial charge in [-0.1, -0.05) is 12.8 Å². The zero-order chi connectivity index (χ0) is 23.8.